The molecule has 0 aromatic heterocycles. The summed E-state index contributed by atoms with van der Waals surface area (Å²) in [6.45, 7) is 1.21. The lowest BCUT2D eigenvalue weighted by molar-refractivity contribution is -0.121. The molecule has 1 aliphatic rings. The molecule has 0 saturated carbocycles. The SMILES string of the molecule is O=C(/C=C/c1ccc(N2CCCS2(=O)=O)cc1)NCCC(=O)NCc1ccccc1. The maximum absolute atomic E-state index is 12.0. The average molecular weight is 428 g/mol. The Morgan fingerprint density at radius 3 is 2.40 bits per heavy atom. The fourth-order valence-corrected chi connectivity index (χ4v) is 4.66. The van der Waals surface area contributed by atoms with Crippen LogP contribution >= 0.6 is 0 Å². The van der Waals surface area contributed by atoms with Gasteiger partial charge in [-0.05, 0) is 35.8 Å². The summed E-state index contributed by atoms with van der Waals surface area (Å²) in [5.41, 5.74) is 2.44. The highest BCUT2D eigenvalue weighted by Crippen LogP contribution is 2.24. The lowest BCUT2D eigenvalue weighted by atomic mass is 10.2. The van der Waals surface area contributed by atoms with Crippen LogP contribution in [0.25, 0.3) is 6.08 Å². The number of rotatable bonds is 8. The number of amides is 2. The summed E-state index contributed by atoms with van der Waals surface area (Å²) in [6, 6.07) is 16.6. The van der Waals surface area contributed by atoms with Crippen LogP contribution in [-0.2, 0) is 26.2 Å². The first-order valence-corrected chi connectivity index (χ1v) is 11.4. The highest BCUT2D eigenvalue weighted by atomic mass is 32.2. The van der Waals surface area contributed by atoms with E-state index in [1.54, 1.807) is 30.3 Å². The number of nitrogens with zero attached hydrogens (tertiary/aromatic N) is 1. The Labute approximate surface area is 176 Å². The van der Waals surface area contributed by atoms with Crippen LogP contribution in [0.5, 0.6) is 0 Å². The molecule has 2 aromatic carbocycles. The van der Waals surface area contributed by atoms with E-state index in [0.29, 0.717) is 25.2 Å². The van der Waals surface area contributed by atoms with Crippen molar-refractivity contribution in [3.8, 4) is 0 Å². The fraction of sp³-hybridized carbons (Fsp3) is 0.273. The van der Waals surface area contributed by atoms with Crippen molar-refractivity contribution < 1.29 is 18.0 Å². The quantitative estimate of drug-likeness (QED) is 0.631. The third-order valence-corrected chi connectivity index (χ3v) is 6.56. The van der Waals surface area contributed by atoms with Gasteiger partial charge in [0.05, 0.1) is 11.4 Å². The molecule has 1 fully saturated rings. The van der Waals surface area contributed by atoms with E-state index < -0.39 is 10.0 Å². The average Bonchev–Trinajstić information content (AvgIpc) is 3.11. The molecule has 0 bridgehead atoms. The van der Waals surface area contributed by atoms with E-state index in [9.17, 15) is 18.0 Å². The highest BCUT2D eigenvalue weighted by Gasteiger charge is 2.28. The summed E-state index contributed by atoms with van der Waals surface area (Å²) in [6.07, 6.45) is 3.87. The van der Waals surface area contributed by atoms with Crippen molar-refractivity contribution in [2.75, 3.05) is 23.1 Å². The highest BCUT2D eigenvalue weighted by molar-refractivity contribution is 7.93. The molecule has 8 heteroatoms. The van der Waals surface area contributed by atoms with Crippen LogP contribution in [0.2, 0.25) is 0 Å². The minimum atomic E-state index is -3.20. The molecular formula is C22H25N3O4S. The molecule has 0 spiro atoms. The number of hydrogen-bond acceptors (Lipinski definition) is 4. The summed E-state index contributed by atoms with van der Waals surface area (Å²) in [7, 11) is -3.20. The molecule has 2 aromatic rings. The van der Waals surface area contributed by atoms with Gasteiger partial charge in [-0.1, -0.05) is 42.5 Å². The predicted molar refractivity (Wildman–Crippen MR) is 117 cm³/mol. The minimum absolute atomic E-state index is 0.129. The van der Waals surface area contributed by atoms with Gasteiger partial charge in [0, 0.05) is 32.1 Å². The van der Waals surface area contributed by atoms with Gasteiger partial charge in [-0.15, -0.1) is 0 Å². The van der Waals surface area contributed by atoms with E-state index in [-0.39, 0.29) is 30.5 Å². The fourth-order valence-electron chi connectivity index (χ4n) is 3.10. The van der Waals surface area contributed by atoms with Gasteiger partial charge in [0.2, 0.25) is 21.8 Å². The monoisotopic (exact) mass is 427 g/mol. The Balaban J connectivity index is 1.39. The van der Waals surface area contributed by atoms with E-state index in [0.717, 1.165) is 11.1 Å². The summed E-state index contributed by atoms with van der Waals surface area (Å²) >= 11 is 0. The number of anilines is 1. The number of sulfonamides is 1. The van der Waals surface area contributed by atoms with Crippen LogP contribution in [0.15, 0.2) is 60.7 Å². The number of carbonyl (C=O) groups excluding carboxylic acids is 2. The molecule has 3 rings (SSSR count). The van der Waals surface area contributed by atoms with Crippen molar-refractivity contribution >= 4 is 33.6 Å². The predicted octanol–water partition coefficient (Wildman–Crippen LogP) is 2.06. The molecule has 2 amide bonds. The van der Waals surface area contributed by atoms with E-state index in [2.05, 4.69) is 10.6 Å². The van der Waals surface area contributed by atoms with Gasteiger partial charge in [-0.2, -0.15) is 0 Å². The second-order valence-electron chi connectivity index (χ2n) is 6.97. The van der Waals surface area contributed by atoms with Gasteiger partial charge in [0.1, 0.15) is 0 Å². The molecule has 158 valence electrons. The standard InChI is InChI=1S/C22H25N3O4S/c26-21(23-14-13-22(27)24-17-19-5-2-1-3-6-19)12-9-18-7-10-20(11-8-18)25-15-4-16-30(25,28)29/h1-3,5-12H,4,13-17H2,(H,23,26)(H,24,27)/b12-9+. The molecule has 0 unspecified atom stereocenters. The molecule has 1 aliphatic heterocycles. The van der Waals surface area contributed by atoms with Gasteiger partial charge in [0.25, 0.3) is 0 Å². The van der Waals surface area contributed by atoms with Gasteiger partial charge in [-0.25, -0.2) is 8.42 Å². The van der Waals surface area contributed by atoms with Crippen molar-refractivity contribution in [1.82, 2.24) is 10.6 Å². The van der Waals surface area contributed by atoms with Crippen LogP contribution < -0.4 is 14.9 Å². The lowest BCUT2D eigenvalue weighted by Crippen LogP contribution is -2.29. The number of benzene rings is 2. The van der Waals surface area contributed by atoms with Gasteiger partial charge in [0.15, 0.2) is 0 Å². The maximum atomic E-state index is 12.0. The van der Waals surface area contributed by atoms with Crippen LogP contribution in [0.1, 0.15) is 24.0 Å². The number of hydrogen-bond donors (Lipinski definition) is 2. The second kappa shape index (κ2) is 10.1. The van der Waals surface area contributed by atoms with E-state index in [1.165, 1.54) is 10.4 Å². The molecule has 1 heterocycles. The Bertz CT molecular complexity index is 1000. The molecule has 0 aliphatic carbocycles. The summed E-state index contributed by atoms with van der Waals surface area (Å²) in [5.74, 6) is -0.244. The number of nitrogens with one attached hydrogen (secondary N) is 2. The van der Waals surface area contributed by atoms with Crippen molar-refractivity contribution in [2.45, 2.75) is 19.4 Å². The van der Waals surface area contributed by atoms with Gasteiger partial charge >= 0.3 is 0 Å². The summed E-state index contributed by atoms with van der Waals surface area (Å²) < 4.78 is 25.3. The van der Waals surface area contributed by atoms with Crippen molar-refractivity contribution in [2.24, 2.45) is 0 Å². The first-order chi connectivity index (χ1) is 14.4. The van der Waals surface area contributed by atoms with Crippen LogP contribution in [0.4, 0.5) is 5.69 Å². The Morgan fingerprint density at radius 1 is 1.00 bits per heavy atom. The minimum Gasteiger partial charge on any atom is -0.352 e. The van der Waals surface area contributed by atoms with Gasteiger partial charge in [-0.3, -0.25) is 13.9 Å². The number of carbonyl (C=O) groups is 2. The zero-order chi connectivity index (χ0) is 21.4. The van der Waals surface area contributed by atoms with Crippen LogP contribution in [-0.4, -0.2) is 39.1 Å². The Morgan fingerprint density at radius 2 is 1.73 bits per heavy atom. The van der Waals surface area contributed by atoms with Crippen molar-refractivity contribution in [1.29, 1.82) is 0 Å². The van der Waals surface area contributed by atoms with Crippen molar-refractivity contribution in [3.05, 3.63) is 71.8 Å². The first kappa shape index (κ1) is 21.6. The van der Waals surface area contributed by atoms with E-state index >= 15 is 0 Å². The normalized spacial score (nSPS) is 15.3. The third kappa shape index (κ3) is 6.18. The molecule has 0 radical (unpaired) electrons. The maximum Gasteiger partial charge on any atom is 0.244 e. The van der Waals surface area contributed by atoms with E-state index in [1.807, 2.05) is 30.3 Å². The Hall–Kier alpha value is -3.13. The largest absolute Gasteiger partial charge is 0.352 e. The van der Waals surface area contributed by atoms with Crippen LogP contribution in [0, 0.1) is 0 Å². The topological polar surface area (TPSA) is 95.6 Å². The van der Waals surface area contributed by atoms with Crippen LogP contribution in [0.3, 0.4) is 0 Å². The lowest BCUT2D eigenvalue weighted by Gasteiger charge is -2.16. The van der Waals surface area contributed by atoms with Gasteiger partial charge < -0.3 is 10.6 Å². The molecule has 2 N–H and O–H groups in total. The zero-order valence-corrected chi connectivity index (χ0v) is 17.4. The third-order valence-electron chi connectivity index (χ3n) is 4.69. The molecular weight excluding hydrogens is 402 g/mol. The summed E-state index contributed by atoms with van der Waals surface area (Å²) in [5, 5.41) is 5.48. The second-order valence-corrected chi connectivity index (χ2v) is 8.98. The van der Waals surface area contributed by atoms with Crippen molar-refractivity contribution in [3.63, 3.8) is 0 Å². The molecule has 7 nitrogen and oxygen atoms in total. The zero-order valence-electron chi connectivity index (χ0n) is 16.6. The molecule has 1 saturated heterocycles. The smallest absolute Gasteiger partial charge is 0.244 e. The molecule has 30 heavy (non-hydrogen) atoms. The Kier molecular flexibility index (Phi) is 7.24. The first-order valence-electron chi connectivity index (χ1n) is 9.81. The summed E-state index contributed by atoms with van der Waals surface area (Å²) in [4.78, 5) is 23.8. The van der Waals surface area contributed by atoms with E-state index in [4.69, 9.17) is 0 Å². The molecule has 0 atom stereocenters.